The number of aromatic amines is 1. The molecule has 3 aromatic carbocycles. The third kappa shape index (κ3) is 5.49. The first-order valence-corrected chi connectivity index (χ1v) is 13.0. The minimum Gasteiger partial charge on any atom is -0.497 e. The molecular weight excluding hydrogens is 522 g/mol. The van der Waals surface area contributed by atoms with E-state index in [1.54, 1.807) is 55.6 Å². The average molecular weight is 542 g/mol. The number of nitriles is 1. The summed E-state index contributed by atoms with van der Waals surface area (Å²) >= 11 is 2.42. The number of carbonyl (C=O) groups excluding carboxylic acids is 1. The first kappa shape index (κ1) is 24.9. The third-order valence-corrected chi connectivity index (χ3v) is 6.96. The van der Waals surface area contributed by atoms with Crippen molar-refractivity contribution in [1.82, 2.24) is 18.7 Å². The van der Waals surface area contributed by atoms with E-state index in [1.807, 2.05) is 24.3 Å². The van der Waals surface area contributed by atoms with Gasteiger partial charge in [-0.05, 0) is 42.0 Å². The van der Waals surface area contributed by atoms with E-state index in [-0.39, 0.29) is 5.56 Å². The SMILES string of the molecule is COc1cccc(-c2nc(SCc3ccc(NC(=O)Nc4cccc5nsnc45)cc3)[nH]c(=O)c2C#N)c1. The highest BCUT2D eigenvalue weighted by atomic mass is 32.2. The van der Waals surface area contributed by atoms with Gasteiger partial charge < -0.3 is 20.4 Å². The molecule has 5 rings (SSSR count). The third-order valence-electron chi connectivity index (χ3n) is 5.47. The molecule has 0 spiro atoms. The molecule has 12 heteroatoms. The van der Waals surface area contributed by atoms with Crippen LogP contribution in [0.5, 0.6) is 5.75 Å². The number of urea groups is 1. The molecule has 0 radical (unpaired) electrons. The Morgan fingerprint density at radius 2 is 1.92 bits per heavy atom. The van der Waals surface area contributed by atoms with E-state index in [2.05, 4.69) is 29.3 Å². The van der Waals surface area contributed by atoms with E-state index >= 15 is 0 Å². The number of nitrogens with one attached hydrogen (secondary N) is 3. The second-order valence-electron chi connectivity index (χ2n) is 7.94. The van der Waals surface area contributed by atoms with E-state index in [0.29, 0.717) is 44.8 Å². The summed E-state index contributed by atoms with van der Waals surface area (Å²) in [5.41, 5.74) is 3.87. The Labute approximate surface area is 225 Å². The summed E-state index contributed by atoms with van der Waals surface area (Å²) in [6, 6.07) is 21.3. The maximum Gasteiger partial charge on any atom is 0.323 e. The fourth-order valence-electron chi connectivity index (χ4n) is 3.63. The van der Waals surface area contributed by atoms with Crippen LogP contribution in [0.1, 0.15) is 11.1 Å². The number of nitrogens with zero attached hydrogens (tertiary/aromatic N) is 4. The van der Waals surface area contributed by atoms with E-state index in [9.17, 15) is 14.9 Å². The number of carbonyl (C=O) groups is 1. The van der Waals surface area contributed by atoms with Crippen molar-refractivity contribution in [2.24, 2.45) is 0 Å². The maximum atomic E-state index is 12.6. The van der Waals surface area contributed by atoms with Crippen LogP contribution in [0, 0.1) is 11.3 Å². The van der Waals surface area contributed by atoms with Crippen LogP contribution in [-0.4, -0.2) is 31.9 Å². The summed E-state index contributed by atoms with van der Waals surface area (Å²) in [5.74, 6) is 1.11. The second-order valence-corrected chi connectivity index (χ2v) is 9.43. The van der Waals surface area contributed by atoms with Crippen LogP contribution >= 0.6 is 23.5 Å². The van der Waals surface area contributed by atoms with Crippen LogP contribution in [0.4, 0.5) is 16.2 Å². The van der Waals surface area contributed by atoms with Crippen molar-refractivity contribution in [1.29, 1.82) is 5.26 Å². The van der Waals surface area contributed by atoms with Crippen LogP contribution < -0.4 is 20.9 Å². The number of aromatic nitrogens is 4. The molecule has 10 nitrogen and oxygen atoms in total. The molecule has 0 saturated carbocycles. The topological polar surface area (TPSA) is 146 Å². The van der Waals surface area contributed by atoms with Gasteiger partial charge in [-0.25, -0.2) is 9.78 Å². The smallest absolute Gasteiger partial charge is 0.323 e. The number of ether oxygens (including phenoxy) is 1. The number of hydrogen-bond donors (Lipinski definition) is 3. The molecule has 2 aromatic heterocycles. The highest BCUT2D eigenvalue weighted by molar-refractivity contribution is 7.98. The molecular formula is C26H19N7O3S2. The predicted molar refractivity (Wildman–Crippen MR) is 148 cm³/mol. The predicted octanol–water partition coefficient (Wildman–Crippen LogP) is 5.26. The summed E-state index contributed by atoms with van der Waals surface area (Å²) in [7, 11) is 1.55. The lowest BCUT2D eigenvalue weighted by Gasteiger charge is -2.09. The fourth-order valence-corrected chi connectivity index (χ4v) is 5.00. The lowest BCUT2D eigenvalue weighted by Crippen LogP contribution is -2.19. The largest absolute Gasteiger partial charge is 0.497 e. The molecule has 0 fully saturated rings. The van der Waals surface area contributed by atoms with Gasteiger partial charge in [0.2, 0.25) is 0 Å². The van der Waals surface area contributed by atoms with Crippen molar-refractivity contribution in [3.05, 3.63) is 88.2 Å². The zero-order valence-corrected chi connectivity index (χ0v) is 21.5. The van der Waals surface area contributed by atoms with Crippen molar-refractivity contribution in [2.45, 2.75) is 10.9 Å². The lowest BCUT2D eigenvalue weighted by atomic mass is 10.1. The first-order valence-electron chi connectivity index (χ1n) is 11.2. The number of H-pyrrole nitrogens is 1. The molecule has 0 aliphatic carbocycles. The molecule has 2 amide bonds. The number of benzene rings is 3. The Balaban J connectivity index is 1.25. The number of methoxy groups -OCH3 is 1. The molecule has 0 bridgehead atoms. The quantitative estimate of drug-likeness (QED) is 0.187. The Bertz CT molecular complexity index is 1730. The Morgan fingerprint density at radius 1 is 1.11 bits per heavy atom. The average Bonchev–Trinajstić information content (AvgIpc) is 3.42. The minimum atomic E-state index is -0.502. The minimum absolute atomic E-state index is 0.0569. The molecule has 0 saturated heterocycles. The van der Waals surface area contributed by atoms with Gasteiger partial charge in [0.05, 0.1) is 30.2 Å². The second kappa shape index (κ2) is 11.1. The van der Waals surface area contributed by atoms with Crippen LogP contribution in [-0.2, 0) is 5.75 Å². The Kier molecular flexibility index (Phi) is 7.30. The van der Waals surface area contributed by atoms with E-state index in [4.69, 9.17) is 4.74 Å². The number of anilines is 2. The van der Waals surface area contributed by atoms with Gasteiger partial charge in [0, 0.05) is 17.0 Å². The van der Waals surface area contributed by atoms with Crippen LogP contribution in [0.15, 0.2) is 76.7 Å². The summed E-state index contributed by atoms with van der Waals surface area (Å²) in [6.07, 6.45) is 0. The molecule has 38 heavy (non-hydrogen) atoms. The normalized spacial score (nSPS) is 10.6. The van der Waals surface area contributed by atoms with Crippen molar-refractivity contribution in [3.63, 3.8) is 0 Å². The van der Waals surface area contributed by atoms with Crippen LogP contribution in [0.3, 0.4) is 0 Å². The van der Waals surface area contributed by atoms with Gasteiger partial charge in [-0.3, -0.25) is 4.79 Å². The van der Waals surface area contributed by atoms with Gasteiger partial charge in [-0.2, -0.15) is 14.0 Å². The van der Waals surface area contributed by atoms with Gasteiger partial charge >= 0.3 is 6.03 Å². The van der Waals surface area contributed by atoms with Crippen LogP contribution in [0.2, 0.25) is 0 Å². The van der Waals surface area contributed by atoms with Crippen molar-refractivity contribution < 1.29 is 9.53 Å². The standard InChI is InChI=1S/C26H19N7O3S2/c1-36-18-5-2-4-16(12-18)22-19(13-27)24(34)31-26(30-22)37-14-15-8-10-17(11-9-15)28-25(35)29-20-6-3-7-21-23(20)33-38-32-21/h2-12H,14H2,1H3,(H2,28,29,35)(H,30,31,34). The van der Waals surface area contributed by atoms with Gasteiger partial charge in [-0.15, -0.1) is 0 Å². The molecule has 0 aliphatic rings. The van der Waals surface area contributed by atoms with E-state index in [0.717, 1.165) is 22.8 Å². The Hall–Kier alpha value is -4.73. The highest BCUT2D eigenvalue weighted by Gasteiger charge is 2.15. The summed E-state index contributed by atoms with van der Waals surface area (Å²) in [4.78, 5) is 32.2. The molecule has 2 heterocycles. The van der Waals surface area contributed by atoms with Gasteiger partial charge in [0.25, 0.3) is 5.56 Å². The first-order chi connectivity index (χ1) is 18.5. The number of hydrogen-bond acceptors (Lipinski definition) is 9. The van der Waals surface area contributed by atoms with Crippen molar-refractivity contribution in [3.8, 4) is 23.1 Å². The molecule has 0 aliphatic heterocycles. The van der Waals surface area contributed by atoms with Gasteiger partial charge in [0.1, 0.15) is 28.4 Å². The van der Waals surface area contributed by atoms with Gasteiger partial charge in [-0.1, -0.05) is 42.1 Å². The number of rotatable bonds is 7. The fraction of sp³-hybridized carbons (Fsp3) is 0.0769. The highest BCUT2D eigenvalue weighted by Crippen LogP contribution is 2.27. The molecule has 0 atom stereocenters. The summed E-state index contributed by atoms with van der Waals surface area (Å²) in [5, 5.41) is 15.5. The number of fused-ring (bicyclic) bond motifs is 1. The van der Waals surface area contributed by atoms with Crippen molar-refractivity contribution >= 4 is 51.9 Å². The van der Waals surface area contributed by atoms with E-state index in [1.165, 1.54) is 11.8 Å². The number of amides is 2. The lowest BCUT2D eigenvalue weighted by molar-refractivity contribution is 0.262. The zero-order chi connectivity index (χ0) is 26.5. The van der Waals surface area contributed by atoms with Gasteiger partial charge in [0.15, 0.2) is 5.16 Å². The monoisotopic (exact) mass is 541 g/mol. The zero-order valence-electron chi connectivity index (χ0n) is 19.9. The molecule has 5 aromatic rings. The molecule has 188 valence electrons. The maximum absolute atomic E-state index is 12.6. The summed E-state index contributed by atoms with van der Waals surface area (Å²) < 4.78 is 13.6. The number of thioether (sulfide) groups is 1. The molecule has 0 unspecified atom stereocenters. The van der Waals surface area contributed by atoms with Crippen LogP contribution in [0.25, 0.3) is 22.3 Å². The van der Waals surface area contributed by atoms with E-state index < -0.39 is 11.6 Å². The summed E-state index contributed by atoms with van der Waals surface area (Å²) in [6.45, 7) is 0. The van der Waals surface area contributed by atoms with Crippen molar-refractivity contribution in [2.75, 3.05) is 17.7 Å². The Morgan fingerprint density at radius 3 is 2.71 bits per heavy atom. The molecule has 3 N–H and O–H groups in total.